The summed E-state index contributed by atoms with van der Waals surface area (Å²) >= 11 is 0. The van der Waals surface area contributed by atoms with Gasteiger partial charge >= 0.3 is 0 Å². The fourth-order valence-electron chi connectivity index (χ4n) is 5.91. The van der Waals surface area contributed by atoms with Crippen molar-refractivity contribution in [3.05, 3.63) is 143 Å². The Hall–Kier alpha value is -4.90. The highest BCUT2D eigenvalue weighted by Crippen LogP contribution is 2.40. The zero-order valence-electron chi connectivity index (χ0n) is 23.0. The third kappa shape index (κ3) is 5.19. The van der Waals surface area contributed by atoms with E-state index < -0.39 is 0 Å². The van der Waals surface area contributed by atoms with Crippen LogP contribution in [0.4, 0.5) is 0 Å². The first-order valence-corrected chi connectivity index (χ1v) is 14.1. The number of nitrogens with one attached hydrogen (secondary N) is 1. The molecule has 41 heavy (non-hydrogen) atoms. The molecule has 0 spiro atoms. The molecule has 0 aliphatic heterocycles. The lowest BCUT2D eigenvalue weighted by atomic mass is 9.95. The van der Waals surface area contributed by atoms with Gasteiger partial charge in [-0.05, 0) is 82.0 Å². The SMILES string of the molecule is COc1ccc(C2Cc3ccc(OCc4ccccc4)cc3C2)c2[nH]c(Cc3ccc(-c4cccnc4)cc3)nc12. The zero-order chi connectivity index (χ0) is 27.6. The summed E-state index contributed by atoms with van der Waals surface area (Å²) in [7, 11) is 1.71. The number of hydrogen-bond donors (Lipinski definition) is 1. The van der Waals surface area contributed by atoms with Crippen LogP contribution in [0.15, 0.2) is 109 Å². The number of pyridine rings is 1. The van der Waals surface area contributed by atoms with E-state index in [0.717, 1.165) is 58.7 Å². The highest BCUT2D eigenvalue weighted by atomic mass is 16.5. The van der Waals surface area contributed by atoms with Gasteiger partial charge in [0.1, 0.15) is 29.4 Å². The maximum Gasteiger partial charge on any atom is 0.146 e. The van der Waals surface area contributed by atoms with Crippen molar-refractivity contribution in [1.82, 2.24) is 15.0 Å². The van der Waals surface area contributed by atoms with Crippen molar-refractivity contribution in [2.24, 2.45) is 0 Å². The van der Waals surface area contributed by atoms with E-state index in [2.05, 4.69) is 82.8 Å². The molecule has 2 aromatic heterocycles. The molecule has 7 rings (SSSR count). The van der Waals surface area contributed by atoms with E-state index in [1.165, 1.54) is 27.8 Å². The number of ether oxygens (including phenoxy) is 2. The maximum absolute atomic E-state index is 6.12. The van der Waals surface area contributed by atoms with Crippen LogP contribution in [-0.4, -0.2) is 22.1 Å². The normalized spacial score (nSPS) is 14.2. The summed E-state index contributed by atoms with van der Waals surface area (Å²) in [5, 5.41) is 0. The molecule has 1 N–H and O–H groups in total. The molecular weight excluding hydrogens is 506 g/mol. The minimum Gasteiger partial charge on any atom is -0.494 e. The van der Waals surface area contributed by atoms with Gasteiger partial charge in [-0.25, -0.2) is 4.98 Å². The quantitative estimate of drug-likeness (QED) is 0.216. The number of rotatable bonds is 8. The first-order valence-electron chi connectivity index (χ1n) is 14.1. The molecule has 0 saturated carbocycles. The molecule has 0 radical (unpaired) electrons. The van der Waals surface area contributed by atoms with Crippen molar-refractivity contribution in [3.8, 4) is 22.6 Å². The molecule has 5 nitrogen and oxygen atoms in total. The largest absolute Gasteiger partial charge is 0.494 e. The van der Waals surface area contributed by atoms with Crippen LogP contribution in [0.25, 0.3) is 22.2 Å². The number of H-pyrrole nitrogens is 1. The van der Waals surface area contributed by atoms with Crippen LogP contribution in [0.1, 0.15) is 39.6 Å². The number of hydrogen-bond acceptors (Lipinski definition) is 4. The van der Waals surface area contributed by atoms with Crippen molar-refractivity contribution in [2.75, 3.05) is 7.11 Å². The molecule has 0 fully saturated rings. The average Bonchev–Trinajstić information content (AvgIpc) is 3.65. The molecule has 0 bridgehead atoms. The first-order chi connectivity index (χ1) is 20.2. The van der Waals surface area contributed by atoms with Gasteiger partial charge in [0.15, 0.2) is 0 Å². The van der Waals surface area contributed by atoms with Gasteiger partial charge in [0.05, 0.1) is 12.6 Å². The van der Waals surface area contributed by atoms with Gasteiger partial charge in [-0.3, -0.25) is 4.98 Å². The highest BCUT2D eigenvalue weighted by molar-refractivity contribution is 5.85. The molecule has 1 atom stereocenters. The summed E-state index contributed by atoms with van der Waals surface area (Å²) in [5.41, 5.74) is 10.7. The van der Waals surface area contributed by atoms with Gasteiger partial charge < -0.3 is 14.5 Å². The Balaban J connectivity index is 1.11. The van der Waals surface area contributed by atoms with Gasteiger partial charge in [0.2, 0.25) is 0 Å². The van der Waals surface area contributed by atoms with E-state index in [1.54, 1.807) is 13.3 Å². The van der Waals surface area contributed by atoms with E-state index in [0.29, 0.717) is 12.5 Å². The topological polar surface area (TPSA) is 60.0 Å². The van der Waals surface area contributed by atoms with Crippen LogP contribution in [0.3, 0.4) is 0 Å². The van der Waals surface area contributed by atoms with E-state index in [1.807, 2.05) is 30.5 Å². The van der Waals surface area contributed by atoms with Crippen molar-refractivity contribution in [2.45, 2.75) is 31.8 Å². The molecule has 0 amide bonds. The Morgan fingerprint density at radius 2 is 1.66 bits per heavy atom. The van der Waals surface area contributed by atoms with E-state index >= 15 is 0 Å². The van der Waals surface area contributed by atoms with E-state index in [9.17, 15) is 0 Å². The lowest BCUT2D eigenvalue weighted by molar-refractivity contribution is 0.306. The molecule has 1 unspecified atom stereocenters. The number of aromatic nitrogens is 3. The molecule has 202 valence electrons. The predicted octanol–water partition coefficient (Wildman–Crippen LogP) is 7.69. The lowest BCUT2D eigenvalue weighted by Gasteiger charge is -2.12. The second-order valence-corrected chi connectivity index (χ2v) is 10.7. The number of methoxy groups -OCH3 is 1. The van der Waals surface area contributed by atoms with Gasteiger partial charge in [-0.15, -0.1) is 0 Å². The van der Waals surface area contributed by atoms with Crippen LogP contribution in [-0.2, 0) is 25.9 Å². The molecule has 5 heteroatoms. The lowest BCUT2D eigenvalue weighted by Crippen LogP contribution is -2.00. The van der Waals surface area contributed by atoms with Crippen LogP contribution in [0, 0.1) is 0 Å². The maximum atomic E-state index is 6.12. The van der Waals surface area contributed by atoms with Crippen LogP contribution < -0.4 is 9.47 Å². The number of benzene rings is 4. The second-order valence-electron chi connectivity index (χ2n) is 10.7. The summed E-state index contributed by atoms with van der Waals surface area (Å²) in [4.78, 5) is 12.9. The van der Waals surface area contributed by atoms with Gasteiger partial charge in [-0.2, -0.15) is 0 Å². The van der Waals surface area contributed by atoms with Crippen molar-refractivity contribution >= 4 is 11.0 Å². The summed E-state index contributed by atoms with van der Waals surface area (Å²) in [6.45, 7) is 0.575. The third-order valence-corrected chi connectivity index (χ3v) is 8.03. The van der Waals surface area contributed by atoms with Gasteiger partial charge in [0, 0.05) is 18.8 Å². The second kappa shape index (κ2) is 10.9. The minimum absolute atomic E-state index is 0.370. The number of fused-ring (bicyclic) bond motifs is 2. The van der Waals surface area contributed by atoms with Crippen LogP contribution >= 0.6 is 0 Å². The van der Waals surface area contributed by atoms with E-state index in [-0.39, 0.29) is 0 Å². The minimum atomic E-state index is 0.370. The Bertz CT molecular complexity index is 1790. The zero-order valence-corrected chi connectivity index (χ0v) is 23.0. The standard InChI is InChI=1S/C36H31N3O2/c1-40-33-16-15-32(30-19-27-13-14-31(21-29(27)20-30)41-23-25-6-3-2-4-7-25)35-36(33)39-34(38-35)18-24-9-11-26(12-10-24)28-8-5-17-37-22-28/h2-17,21-22,30H,18-20,23H2,1H3,(H,38,39). The molecule has 4 aromatic carbocycles. The van der Waals surface area contributed by atoms with Crippen molar-refractivity contribution < 1.29 is 9.47 Å². The highest BCUT2D eigenvalue weighted by Gasteiger charge is 2.26. The van der Waals surface area contributed by atoms with Gasteiger partial charge in [-0.1, -0.05) is 72.8 Å². The fraction of sp³-hybridized carbons (Fsp3) is 0.167. The molecule has 1 aliphatic rings. The monoisotopic (exact) mass is 537 g/mol. The Morgan fingerprint density at radius 3 is 2.46 bits per heavy atom. The fourth-order valence-corrected chi connectivity index (χ4v) is 5.91. The summed E-state index contributed by atoms with van der Waals surface area (Å²) in [5.74, 6) is 3.03. The van der Waals surface area contributed by atoms with Crippen LogP contribution in [0.5, 0.6) is 11.5 Å². The van der Waals surface area contributed by atoms with Gasteiger partial charge in [0.25, 0.3) is 0 Å². The number of nitrogens with zero attached hydrogens (tertiary/aromatic N) is 2. The first kappa shape index (κ1) is 25.1. The van der Waals surface area contributed by atoms with E-state index in [4.69, 9.17) is 14.5 Å². The Kier molecular flexibility index (Phi) is 6.69. The number of imidazole rings is 1. The predicted molar refractivity (Wildman–Crippen MR) is 162 cm³/mol. The average molecular weight is 538 g/mol. The molecule has 2 heterocycles. The smallest absolute Gasteiger partial charge is 0.146 e. The summed E-state index contributed by atoms with van der Waals surface area (Å²) in [6.07, 6.45) is 6.38. The Labute approximate surface area is 239 Å². The third-order valence-electron chi connectivity index (χ3n) is 8.03. The molecular formula is C36H31N3O2. The number of aromatic amines is 1. The molecule has 6 aromatic rings. The molecule has 0 saturated heterocycles. The molecule has 1 aliphatic carbocycles. The summed E-state index contributed by atoms with van der Waals surface area (Å²) in [6, 6.07) is 33.8. The van der Waals surface area contributed by atoms with Crippen molar-refractivity contribution in [1.29, 1.82) is 0 Å². The van der Waals surface area contributed by atoms with Crippen molar-refractivity contribution in [3.63, 3.8) is 0 Å². The summed E-state index contributed by atoms with van der Waals surface area (Å²) < 4.78 is 11.8. The van der Waals surface area contributed by atoms with Crippen LogP contribution in [0.2, 0.25) is 0 Å². The Morgan fingerprint density at radius 1 is 0.805 bits per heavy atom.